The highest BCUT2D eigenvalue weighted by Gasteiger charge is 2.19. The minimum absolute atomic E-state index is 0.336. The van der Waals surface area contributed by atoms with E-state index in [2.05, 4.69) is 10.4 Å². The molecule has 0 radical (unpaired) electrons. The number of hydrogen-bond donors (Lipinski definition) is 1. The highest BCUT2D eigenvalue weighted by Crippen LogP contribution is 2.24. The van der Waals surface area contributed by atoms with E-state index in [1.54, 1.807) is 28.9 Å². The fourth-order valence-electron chi connectivity index (χ4n) is 2.93. The van der Waals surface area contributed by atoms with Gasteiger partial charge in [-0.3, -0.25) is 4.79 Å². The van der Waals surface area contributed by atoms with Crippen molar-refractivity contribution in [1.82, 2.24) is 14.3 Å². The number of amides is 1. The van der Waals surface area contributed by atoms with Gasteiger partial charge >= 0.3 is 0 Å². The fourth-order valence-corrected chi connectivity index (χ4v) is 3.11. The molecular formula is C21H16ClFN4O. The van der Waals surface area contributed by atoms with Crippen LogP contribution in [0.3, 0.4) is 0 Å². The van der Waals surface area contributed by atoms with E-state index in [0.29, 0.717) is 27.8 Å². The molecule has 2 heterocycles. The number of aromatic nitrogens is 3. The van der Waals surface area contributed by atoms with Crippen LogP contribution in [0, 0.1) is 5.82 Å². The summed E-state index contributed by atoms with van der Waals surface area (Å²) in [5, 5.41) is 7.94. The highest BCUT2D eigenvalue weighted by molar-refractivity contribution is 6.30. The lowest BCUT2D eigenvalue weighted by molar-refractivity contribution is 0.101. The smallest absolute Gasteiger partial charge is 0.274 e. The second kappa shape index (κ2) is 7.32. The number of rotatable bonds is 4. The summed E-state index contributed by atoms with van der Waals surface area (Å²) < 4.78 is 16.6. The van der Waals surface area contributed by atoms with Crippen LogP contribution in [0.25, 0.3) is 17.1 Å². The summed E-state index contributed by atoms with van der Waals surface area (Å²) in [4.78, 5) is 12.9. The van der Waals surface area contributed by atoms with Crippen molar-refractivity contribution in [3.8, 4) is 17.1 Å². The first-order valence-electron chi connectivity index (χ1n) is 8.56. The molecule has 0 spiro atoms. The number of halogens is 2. The van der Waals surface area contributed by atoms with Gasteiger partial charge in [-0.25, -0.2) is 9.07 Å². The Bertz CT molecular complexity index is 1150. The van der Waals surface area contributed by atoms with E-state index in [0.717, 1.165) is 5.69 Å². The Kier molecular flexibility index (Phi) is 4.71. The van der Waals surface area contributed by atoms with Gasteiger partial charge in [-0.2, -0.15) is 5.10 Å². The van der Waals surface area contributed by atoms with E-state index >= 15 is 0 Å². The van der Waals surface area contributed by atoms with Crippen molar-refractivity contribution in [1.29, 1.82) is 0 Å². The Morgan fingerprint density at radius 3 is 2.54 bits per heavy atom. The van der Waals surface area contributed by atoms with Gasteiger partial charge in [0.2, 0.25) is 0 Å². The van der Waals surface area contributed by atoms with Crippen LogP contribution in [0.4, 0.5) is 10.1 Å². The minimum Gasteiger partial charge on any atom is -0.349 e. The van der Waals surface area contributed by atoms with Gasteiger partial charge in [0.15, 0.2) is 0 Å². The average molecular weight is 395 g/mol. The molecule has 0 unspecified atom stereocenters. The summed E-state index contributed by atoms with van der Waals surface area (Å²) in [7, 11) is 1.91. The second-order valence-electron chi connectivity index (χ2n) is 6.27. The second-order valence-corrected chi connectivity index (χ2v) is 6.71. The molecule has 7 heteroatoms. The Balaban J connectivity index is 1.77. The zero-order valence-electron chi connectivity index (χ0n) is 14.9. The molecule has 28 heavy (non-hydrogen) atoms. The summed E-state index contributed by atoms with van der Waals surface area (Å²) >= 11 is 6.12. The maximum atomic E-state index is 13.1. The lowest BCUT2D eigenvalue weighted by atomic mass is 10.2. The third kappa shape index (κ3) is 3.54. The van der Waals surface area contributed by atoms with E-state index in [1.165, 1.54) is 24.3 Å². The number of carbonyl (C=O) groups excluding carboxylic acids is 1. The van der Waals surface area contributed by atoms with Crippen LogP contribution in [0.15, 0.2) is 72.9 Å². The number of nitrogens with zero attached hydrogens (tertiary/aromatic N) is 3. The Labute approximate surface area is 166 Å². The molecule has 0 saturated heterocycles. The summed E-state index contributed by atoms with van der Waals surface area (Å²) in [6.45, 7) is 0. The summed E-state index contributed by atoms with van der Waals surface area (Å²) in [5.74, 6) is -0.729. The predicted octanol–water partition coefficient (Wildman–Crippen LogP) is 4.92. The Morgan fingerprint density at radius 2 is 1.86 bits per heavy atom. The van der Waals surface area contributed by atoms with Crippen molar-refractivity contribution in [2.24, 2.45) is 7.05 Å². The molecule has 1 N–H and O–H groups in total. The third-order valence-corrected chi connectivity index (χ3v) is 4.54. The molecule has 0 bridgehead atoms. The SMILES string of the molecule is Cn1cccc1-c1cc(C(=O)Nc2ccc(F)cc2)n(-c2cccc(Cl)c2)n1. The van der Waals surface area contributed by atoms with Gasteiger partial charge in [-0.15, -0.1) is 0 Å². The van der Waals surface area contributed by atoms with Gasteiger partial charge < -0.3 is 9.88 Å². The lowest BCUT2D eigenvalue weighted by Crippen LogP contribution is -2.17. The van der Waals surface area contributed by atoms with Crippen LogP contribution in [-0.4, -0.2) is 20.3 Å². The first-order valence-corrected chi connectivity index (χ1v) is 8.94. The van der Waals surface area contributed by atoms with E-state index < -0.39 is 0 Å². The fraction of sp³-hybridized carbons (Fsp3) is 0.0476. The number of hydrogen-bond acceptors (Lipinski definition) is 2. The Morgan fingerprint density at radius 1 is 1.07 bits per heavy atom. The average Bonchev–Trinajstić information content (AvgIpc) is 3.30. The van der Waals surface area contributed by atoms with E-state index in [9.17, 15) is 9.18 Å². The van der Waals surface area contributed by atoms with Crippen molar-refractivity contribution < 1.29 is 9.18 Å². The van der Waals surface area contributed by atoms with Crippen molar-refractivity contribution >= 4 is 23.2 Å². The molecule has 2 aromatic carbocycles. The molecule has 0 aliphatic heterocycles. The zero-order valence-corrected chi connectivity index (χ0v) is 15.7. The quantitative estimate of drug-likeness (QED) is 0.534. The molecule has 0 aliphatic rings. The van der Waals surface area contributed by atoms with Gasteiger partial charge in [0.1, 0.15) is 17.2 Å². The maximum Gasteiger partial charge on any atom is 0.274 e. The Hall–Kier alpha value is -3.38. The van der Waals surface area contributed by atoms with Crippen molar-refractivity contribution in [3.05, 3.63) is 89.5 Å². The number of benzene rings is 2. The van der Waals surface area contributed by atoms with E-state index in [4.69, 9.17) is 11.6 Å². The van der Waals surface area contributed by atoms with E-state index in [-0.39, 0.29) is 11.7 Å². The molecule has 140 valence electrons. The number of anilines is 1. The molecule has 0 aliphatic carbocycles. The van der Waals surface area contributed by atoms with Crippen molar-refractivity contribution in [2.45, 2.75) is 0 Å². The number of carbonyl (C=O) groups is 1. The van der Waals surface area contributed by atoms with Crippen LogP contribution < -0.4 is 5.32 Å². The number of aryl methyl sites for hydroxylation is 1. The molecule has 2 aromatic heterocycles. The molecule has 4 aromatic rings. The summed E-state index contributed by atoms with van der Waals surface area (Å²) in [5.41, 5.74) is 3.01. The van der Waals surface area contributed by atoms with Gasteiger partial charge in [0.05, 0.1) is 11.4 Å². The lowest BCUT2D eigenvalue weighted by Gasteiger charge is -2.08. The molecular weight excluding hydrogens is 379 g/mol. The normalized spacial score (nSPS) is 10.8. The first kappa shape index (κ1) is 18.0. The van der Waals surface area contributed by atoms with Crippen LogP contribution in [-0.2, 0) is 7.05 Å². The third-order valence-electron chi connectivity index (χ3n) is 4.30. The van der Waals surface area contributed by atoms with Gasteiger partial charge in [0.25, 0.3) is 5.91 Å². The number of nitrogens with one attached hydrogen (secondary N) is 1. The monoisotopic (exact) mass is 394 g/mol. The van der Waals surface area contributed by atoms with Gasteiger partial charge in [0, 0.05) is 24.0 Å². The van der Waals surface area contributed by atoms with Crippen molar-refractivity contribution in [2.75, 3.05) is 5.32 Å². The molecule has 0 fully saturated rings. The summed E-state index contributed by atoms with van der Waals surface area (Å²) in [6.07, 6.45) is 1.91. The summed E-state index contributed by atoms with van der Waals surface area (Å²) in [6, 6.07) is 18.2. The molecule has 4 rings (SSSR count). The topological polar surface area (TPSA) is 51.9 Å². The highest BCUT2D eigenvalue weighted by atomic mass is 35.5. The van der Waals surface area contributed by atoms with Crippen LogP contribution >= 0.6 is 11.6 Å². The predicted molar refractivity (Wildman–Crippen MR) is 107 cm³/mol. The molecule has 0 saturated carbocycles. The maximum absolute atomic E-state index is 13.1. The largest absolute Gasteiger partial charge is 0.349 e. The van der Waals surface area contributed by atoms with Crippen LogP contribution in [0.5, 0.6) is 0 Å². The minimum atomic E-state index is -0.368. The van der Waals surface area contributed by atoms with Gasteiger partial charge in [-0.1, -0.05) is 17.7 Å². The van der Waals surface area contributed by atoms with Crippen LogP contribution in [0.2, 0.25) is 5.02 Å². The van der Waals surface area contributed by atoms with Crippen LogP contribution in [0.1, 0.15) is 10.5 Å². The zero-order chi connectivity index (χ0) is 19.7. The standard InChI is InChI=1S/C21H16ClFN4O/c1-26-11-3-6-19(26)18-13-20(21(28)24-16-9-7-15(23)8-10-16)27(25-18)17-5-2-4-14(22)12-17/h2-13H,1H3,(H,24,28). The van der Waals surface area contributed by atoms with E-state index in [1.807, 2.05) is 36.0 Å². The first-order chi connectivity index (χ1) is 13.5. The van der Waals surface area contributed by atoms with Crippen molar-refractivity contribution in [3.63, 3.8) is 0 Å². The van der Waals surface area contributed by atoms with Gasteiger partial charge in [-0.05, 0) is 60.7 Å². The molecule has 1 amide bonds. The molecule has 0 atom stereocenters. The molecule has 5 nitrogen and oxygen atoms in total.